The van der Waals surface area contributed by atoms with E-state index in [4.69, 9.17) is 10.8 Å². The molecule has 0 saturated heterocycles. The average Bonchev–Trinajstić information content (AvgIpc) is 2.13. The van der Waals surface area contributed by atoms with E-state index < -0.39 is 0 Å². The standard InChI is InChI=1S/C9H11BrFNO/c10-8-2-1-6(3-9(8)11)7(4-12)5-13/h1-3,7,13H,4-5,12H2. The van der Waals surface area contributed by atoms with Crippen LogP contribution in [-0.4, -0.2) is 18.3 Å². The third-order valence-corrected chi connectivity index (χ3v) is 2.56. The van der Waals surface area contributed by atoms with Gasteiger partial charge in [-0.1, -0.05) is 6.07 Å². The summed E-state index contributed by atoms with van der Waals surface area (Å²) in [6, 6.07) is 4.75. The third-order valence-electron chi connectivity index (χ3n) is 1.92. The number of hydrogen-bond donors (Lipinski definition) is 2. The molecular formula is C9H11BrFNO. The van der Waals surface area contributed by atoms with Crippen molar-refractivity contribution in [1.82, 2.24) is 0 Å². The van der Waals surface area contributed by atoms with Crippen molar-refractivity contribution in [3.05, 3.63) is 34.1 Å². The first-order chi connectivity index (χ1) is 6.19. The number of aliphatic hydroxyl groups excluding tert-OH is 1. The molecule has 2 nitrogen and oxygen atoms in total. The summed E-state index contributed by atoms with van der Waals surface area (Å²) in [5, 5.41) is 8.93. The first kappa shape index (κ1) is 10.6. The van der Waals surface area contributed by atoms with Crippen LogP contribution >= 0.6 is 15.9 Å². The Morgan fingerprint density at radius 1 is 1.54 bits per heavy atom. The molecule has 0 heterocycles. The van der Waals surface area contributed by atoms with Gasteiger partial charge in [-0.2, -0.15) is 0 Å². The maximum absolute atomic E-state index is 13.0. The van der Waals surface area contributed by atoms with E-state index in [1.807, 2.05) is 0 Å². The zero-order valence-corrected chi connectivity index (χ0v) is 8.59. The van der Waals surface area contributed by atoms with Crippen LogP contribution in [0.3, 0.4) is 0 Å². The van der Waals surface area contributed by atoms with Crippen molar-refractivity contribution in [3.63, 3.8) is 0 Å². The highest BCUT2D eigenvalue weighted by molar-refractivity contribution is 9.10. The quantitative estimate of drug-likeness (QED) is 0.853. The molecule has 1 rings (SSSR count). The molecule has 1 aromatic rings. The average molecular weight is 248 g/mol. The van der Waals surface area contributed by atoms with Crippen LogP contribution in [0.5, 0.6) is 0 Å². The van der Waals surface area contributed by atoms with Crippen LogP contribution in [-0.2, 0) is 0 Å². The van der Waals surface area contributed by atoms with Gasteiger partial charge in [0.05, 0.1) is 11.1 Å². The van der Waals surface area contributed by atoms with Crippen LogP contribution in [0.2, 0.25) is 0 Å². The molecule has 0 aliphatic heterocycles. The molecule has 4 heteroatoms. The molecule has 0 radical (unpaired) electrons. The summed E-state index contributed by atoms with van der Waals surface area (Å²) in [6.07, 6.45) is 0. The van der Waals surface area contributed by atoms with Gasteiger partial charge in [-0.25, -0.2) is 4.39 Å². The Morgan fingerprint density at radius 3 is 2.69 bits per heavy atom. The van der Waals surface area contributed by atoms with E-state index in [-0.39, 0.29) is 18.3 Å². The monoisotopic (exact) mass is 247 g/mol. The second-order valence-corrected chi connectivity index (χ2v) is 3.64. The molecule has 0 spiro atoms. The van der Waals surface area contributed by atoms with Gasteiger partial charge in [0, 0.05) is 12.5 Å². The topological polar surface area (TPSA) is 46.2 Å². The van der Waals surface area contributed by atoms with Crippen LogP contribution in [0.1, 0.15) is 11.5 Å². The molecule has 0 aliphatic rings. The second kappa shape index (κ2) is 4.69. The van der Waals surface area contributed by atoms with Crippen molar-refractivity contribution in [2.75, 3.05) is 13.2 Å². The molecule has 0 saturated carbocycles. The molecule has 0 amide bonds. The van der Waals surface area contributed by atoms with Gasteiger partial charge in [0.25, 0.3) is 0 Å². The van der Waals surface area contributed by atoms with E-state index in [0.717, 1.165) is 5.56 Å². The molecule has 0 fully saturated rings. The third kappa shape index (κ3) is 2.49. The van der Waals surface area contributed by atoms with E-state index in [9.17, 15) is 4.39 Å². The molecule has 0 aliphatic carbocycles. The lowest BCUT2D eigenvalue weighted by Gasteiger charge is -2.11. The van der Waals surface area contributed by atoms with Crippen molar-refractivity contribution < 1.29 is 9.50 Å². The Bertz CT molecular complexity index is 289. The van der Waals surface area contributed by atoms with Gasteiger partial charge in [0.2, 0.25) is 0 Å². The van der Waals surface area contributed by atoms with Crippen LogP contribution in [0.15, 0.2) is 22.7 Å². The molecule has 1 atom stereocenters. The summed E-state index contributed by atoms with van der Waals surface area (Å²) in [5.41, 5.74) is 6.14. The highest BCUT2D eigenvalue weighted by Gasteiger charge is 2.09. The molecule has 13 heavy (non-hydrogen) atoms. The summed E-state index contributed by atoms with van der Waals surface area (Å²) in [7, 11) is 0. The van der Waals surface area contributed by atoms with Crippen LogP contribution in [0.4, 0.5) is 4.39 Å². The van der Waals surface area contributed by atoms with E-state index in [1.165, 1.54) is 6.07 Å². The van der Waals surface area contributed by atoms with Crippen LogP contribution in [0, 0.1) is 5.82 Å². The number of aliphatic hydroxyl groups is 1. The largest absolute Gasteiger partial charge is 0.396 e. The zero-order valence-electron chi connectivity index (χ0n) is 7.00. The lowest BCUT2D eigenvalue weighted by molar-refractivity contribution is 0.267. The van der Waals surface area contributed by atoms with E-state index >= 15 is 0 Å². The first-order valence-electron chi connectivity index (χ1n) is 3.95. The van der Waals surface area contributed by atoms with E-state index in [1.54, 1.807) is 12.1 Å². The van der Waals surface area contributed by atoms with Crippen LogP contribution in [0.25, 0.3) is 0 Å². The van der Waals surface area contributed by atoms with Gasteiger partial charge < -0.3 is 10.8 Å². The van der Waals surface area contributed by atoms with Gasteiger partial charge in [-0.15, -0.1) is 0 Å². The van der Waals surface area contributed by atoms with E-state index in [2.05, 4.69) is 15.9 Å². The van der Waals surface area contributed by atoms with Gasteiger partial charge in [0.1, 0.15) is 5.82 Å². The Labute approximate surface area is 84.7 Å². The predicted molar refractivity (Wildman–Crippen MR) is 53.0 cm³/mol. The Morgan fingerprint density at radius 2 is 2.23 bits per heavy atom. The Hall–Kier alpha value is -0.450. The number of hydrogen-bond acceptors (Lipinski definition) is 2. The summed E-state index contributed by atoms with van der Waals surface area (Å²) < 4.78 is 13.5. The number of benzene rings is 1. The summed E-state index contributed by atoms with van der Waals surface area (Å²) in [6.45, 7) is 0.259. The van der Waals surface area contributed by atoms with Gasteiger partial charge >= 0.3 is 0 Å². The summed E-state index contributed by atoms with van der Waals surface area (Å²) in [4.78, 5) is 0. The van der Waals surface area contributed by atoms with E-state index in [0.29, 0.717) is 11.0 Å². The molecule has 1 aromatic carbocycles. The normalized spacial score (nSPS) is 12.9. The smallest absolute Gasteiger partial charge is 0.137 e. The number of halogens is 2. The van der Waals surface area contributed by atoms with Gasteiger partial charge in [-0.05, 0) is 33.6 Å². The van der Waals surface area contributed by atoms with Crippen molar-refractivity contribution in [2.24, 2.45) is 5.73 Å². The molecule has 0 bridgehead atoms. The minimum Gasteiger partial charge on any atom is -0.396 e. The highest BCUT2D eigenvalue weighted by Crippen LogP contribution is 2.21. The Kier molecular flexibility index (Phi) is 3.84. The van der Waals surface area contributed by atoms with Gasteiger partial charge in [-0.3, -0.25) is 0 Å². The lowest BCUT2D eigenvalue weighted by atomic mass is 10.0. The maximum Gasteiger partial charge on any atom is 0.137 e. The minimum atomic E-state index is -0.329. The Balaban J connectivity index is 2.95. The van der Waals surface area contributed by atoms with Crippen LogP contribution < -0.4 is 5.73 Å². The fourth-order valence-electron chi connectivity index (χ4n) is 1.08. The SMILES string of the molecule is NCC(CO)c1ccc(Br)c(F)c1. The summed E-state index contributed by atoms with van der Waals surface area (Å²) in [5.74, 6) is -0.507. The fourth-order valence-corrected chi connectivity index (χ4v) is 1.33. The predicted octanol–water partition coefficient (Wildman–Crippen LogP) is 1.62. The first-order valence-corrected chi connectivity index (χ1v) is 4.74. The van der Waals surface area contributed by atoms with Crippen molar-refractivity contribution in [3.8, 4) is 0 Å². The van der Waals surface area contributed by atoms with Gasteiger partial charge in [0.15, 0.2) is 0 Å². The van der Waals surface area contributed by atoms with Crippen molar-refractivity contribution in [1.29, 1.82) is 0 Å². The van der Waals surface area contributed by atoms with Crippen molar-refractivity contribution in [2.45, 2.75) is 5.92 Å². The molecular weight excluding hydrogens is 237 g/mol. The molecule has 72 valence electrons. The second-order valence-electron chi connectivity index (χ2n) is 2.79. The molecule has 3 N–H and O–H groups in total. The fraction of sp³-hybridized carbons (Fsp3) is 0.333. The maximum atomic E-state index is 13.0. The minimum absolute atomic E-state index is 0.0580. The number of rotatable bonds is 3. The highest BCUT2D eigenvalue weighted by atomic mass is 79.9. The zero-order chi connectivity index (χ0) is 9.84. The molecule has 1 unspecified atom stereocenters. The number of nitrogens with two attached hydrogens (primary N) is 1. The lowest BCUT2D eigenvalue weighted by Crippen LogP contribution is -2.16. The molecule has 0 aromatic heterocycles. The summed E-state index contributed by atoms with van der Waals surface area (Å²) >= 11 is 3.05. The van der Waals surface area contributed by atoms with Crippen molar-refractivity contribution >= 4 is 15.9 Å².